The molecule has 0 amide bonds. The summed E-state index contributed by atoms with van der Waals surface area (Å²) in [6, 6.07) is 3.78. The SMILES string of the molecule is CCCCCCC(O)c1cc(OCC)c(OCC)cc1Br. The van der Waals surface area contributed by atoms with Gasteiger partial charge in [0.05, 0.1) is 19.3 Å². The molecule has 0 spiro atoms. The van der Waals surface area contributed by atoms with Crippen LogP contribution < -0.4 is 9.47 Å². The molecule has 0 fully saturated rings. The van der Waals surface area contributed by atoms with Crippen LogP contribution in [0, 0.1) is 0 Å². The first-order valence-corrected chi connectivity index (χ1v) is 8.70. The molecule has 0 aliphatic rings. The van der Waals surface area contributed by atoms with Gasteiger partial charge < -0.3 is 14.6 Å². The second-order valence-corrected chi connectivity index (χ2v) is 5.91. The van der Waals surface area contributed by atoms with Gasteiger partial charge in [-0.05, 0) is 38.0 Å². The second kappa shape index (κ2) is 10.1. The number of aliphatic hydroxyl groups is 1. The number of halogens is 1. The lowest BCUT2D eigenvalue weighted by Gasteiger charge is -2.17. The highest BCUT2D eigenvalue weighted by Crippen LogP contribution is 2.37. The molecule has 0 saturated heterocycles. The van der Waals surface area contributed by atoms with Gasteiger partial charge in [0.25, 0.3) is 0 Å². The summed E-state index contributed by atoms with van der Waals surface area (Å²) in [5.74, 6) is 1.42. The van der Waals surface area contributed by atoms with Gasteiger partial charge in [0.15, 0.2) is 11.5 Å². The minimum atomic E-state index is -0.467. The second-order valence-electron chi connectivity index (χ2n) is 5.05. The van der Waals surface area contributed by atoms with Gasteiger partial charge in [0.1, 0.15) is 0 Å². The topological polar surface area (TPSA) is 38.7 Å². The summed E-state index contributed by atoms with van der Waals surface area (Å²) in [5.41, 5.74) is 0.874. The van der Waals surface area contributed by atoms with Gasteiger partial charge >= 0.3 is 0 Å². The maximum Gasteiger partial charge on any atom is 0.162 e. The minimum absolute atomic E-state index is 0.467. The van der Waals surface area contributed by atoms with Crippen LogP contribution in [0.3, 0.4) is 0 Å². The van der Waals surface area contributed by atoms with E-state index < -0.39 is 6.10 Å². The molecule has 0 aromatic heterocycles. The van der Waals surface area contributed by atoms with Crippen molar-refractivity contribution < 1.29 is 14.6 Å². The Morgan fingerprint density at radius 3 is 2.19 bits per heavy atom. The summed E-state index contributed by atoms with van der Waals surface area (Å²) in [4.78, 5) is 0. The smallest absolute Gasteiger partial charge is 0.162 e. The third-order valence-corrected chi connectivity index (χ3v) is 4.04. The van der Waals surface area contributed by atoms with E-state index in [4.69, 9.17) is 9.47 Å². The maximum absolute atomic E-state index is 10.4. The van der Waals surface area contributed by atoms with Gasteiger partial charge in [-0.1, -0.05) is 48.5 Å². The highest BCUT2D eigenvalue weighted by Gasteiger charge is 2.16. The van der Waals surface area contributed by atoms with Crippen molar-refractivity contribution in [3.63, 3.8) is 0 Å². The van der Waals surface area contributed by atoms with E-state index in [-0.39, 0.29) is 0 Å². The molecule has 21 heavy (non-hydrogen) atoms. The van der Waals surface area contributed by atoms with Gasteiger partial charge in [-0.3, -0.25) is 0 Å². The van der Waals surface area contributed by atoms with Crippen LogP contribution in [0.25, 0.3) is 0 Å². The van der Waals surface area contributed by atoms with E-state index in [0.717, 1.165) is 22.9 Å². The molecule has 1 aromatic rings. The third kappa shape index (κ3) is 5.87. The van der Waals surface area contributed by atoms with Gasteiger partial charge in [-0.15, -0.1) is 0 Å². The molecule has 1 N–H and O–H groups in total. The van der Waals surface area contributed by atoms with Crippen LogP contribution in [-0.2, 0) is 0 Å². The Morgan fingerprint density at radius 2 is 1.62 bits per heavy atom. The van der Waals surface area contributed by atoms with Gasteiger partial charge in [-0.2, -0.15) is 0 Å². The zero-order valence-corrected chi connectivity index (χ0v) is 14.9. The molecule has 0 aliphatic carbocycles. The molecule has 0 aliphatic heterocycles. The molecular weight excluding hydrogens is 332 g/mol. The van der Waals surface area contributed by atoms with Crippen molar-refractivity contribution in [2.45, 2.75) is 59.0 Å². The Labute approximate surface area is 136 Å². The summed E-state index contributed by atoms with van der Waals surface area (Å²) in [6.45, 7) is 7.24. The van der Waals surface area contributed by atoms with E-state index in [1.54, 1.807) is 0 Å². The average molecular weight is 359 g/mol. The number of hydrogen-bond donors (Lipinski definition) is 1. The third-order valence-electron chi connectivity index (χ3n) is 3.35. The first-order chi connectivity index (χ1) is 10.1. The lowest BCUT2D eigenvalue weighted by Crippen LogP contribution is -2.03. The molecule has 0 heterocycles. The number of aliphatic hydroxyl groups excluding tert-OH is 1. The molecule has 0 radical (unpaired) electrons. The van der Waals surface area contributed by atoms with E-state index in [1.807, 2.05) is 26.0 Å². The summed E-state index contributed by atoms with van der Waals surface area (Å²) in [7, 11) is 0. The van der Waals surface area contributed by atoms with Crippen molar-refractivity contribution in [3.8, 4) is 11.5 Å². The zero-order chi connectivity index (χ0) is 15.7. The Bertz CT molecular complexity index is 421. The summed E-state index contributed by atoms with van der Waals surface area (Å²) >= 11 is 3.53. The molecule has 1 aromatic carbocycles. The van der Waals surface area contributed by atoms with E-state index in [0.29, 0.717) is 24.7 Å². The Morgan fingerprint density at radius 1 is 1.00 bits per heavy atom. The molecule has 120 valence electrons. The van der Waals surface area contributed by atoms with Crippen molar-refractivity contribution in [2.75, 3.05) is 13.2 Å². The standard InChI is InChI=1S/C17H27BrO3/c1-4-7-8-9-10-15(19)13-11-16(20-5-2)17(21-6-3)12-14(13)18/h11-12,15,19H,4-10H2,1-3H3. The minimum Gasteiger partial charge on any atom is -0.490 e. The van der Waals surface area contributed by atoms with E-state index in [1.165, 1.54) is 19.3 Å². The average Bonchev–Trinajstić information content (AvgIpc) is 2.46. The van der Waals surface area contributed by atoms with Crippen LogP contribution in [0.2, 0.25) is 0 Å². The largest absolute Gasteiger partial charge is 0.490 e. The predicted molar refractivity (Wildman–Crippen MR) is 90.2 cm³/mol. The number of benzene rings is 1. The molecular formula is C17H27BrO3. The van der Waals surface area contributed by atoms with E-state index in [2.05, 4.69) is 22.9 Å². The molecule has 1 unspecified atom stereocenters. The quantitative estimate of drug-likeness (QED) is 0.580. The molecule has 3 nitrogen and oxygen atoms in total. The summed E-state index contributed by atoms with van der Waals surface area (Å²) < 4.78 is 12.1. The lowest BCUT2D eigenvalue weighted by molar-refractivity contribution is 0.162. The molecule has 1 rings (SSSR count). The fourth-order valence-corrected chi connectivity index (χ4v) is 2.85. The monoisotopic (exact) mass is 358 g/mol. The lowest BCUT2D eigenvalue weighted by atomic mass is 10.0. The van der Waals surface area contributed by atoms with Crippen LogP contribution >= 0.6 is 15.9 Å². The highest BCUT2D eigenvalue weighted by molar-refractivity contribution is 9.10. The molecule has 0 saturated carbocycles. The predicted octanol–water partition coefficient (Wildman–Crippen LogP) is 5.25. The van der Waals surface area contributed by atoms with Crippen LogP contribution in [0.4, 0.5) is 0 Å². The molecule has 4 heteroatoms. The van der Waals surface area contributed by atoms with E-state index in [9.17, 15) is 5.11 Å². The molecule has 0 bridgehead atoms. The van der Waals surface area contributed by atoms with Crippen molar-refractivity contribution >= 4 is 15.9 Å². The number of unbranched alkanes of at least 4 members (excludes halogenated alkanes) is 3. The Hall–Kier alpha value is -0.740. The Kier molecular flexibility index (Phi) is 8.77. The molecule has 1 atom stereocenters. The van der Waals surface area contributed by atoms with Gasteiger partial charge in [0.2, 0.25) is 0 Å². The van der Waals surface area contributed by atoms with Crippen LogP contribution in [0.15, 0.2) is 16.6 Å². The fraction of sp³-hybridized carbons (Fsp3) is 0.647. The van der Waals surface area contributed by atoms with Crippen LogP contribution in [0.5, 0.6) is 11.5 Å². The fourth-order valence-electron chi connectivity index (χ4n) is 2.26. The van der Waals surface area contributed by atoms with Crippen molar-refractivity contribution in [1.82, 2.24) is 0 Å². The maximum atomic E-state index is 10.4. The number of rotatable bonds is 10. The van der Waals surface area contributed by atoms with E-state index >= 15 is 0 Å². The first kappa shape index (κ1) is 18.3. The Balaban J connectivity index is 2.82. The normalized spacial score (nSPS) is 12.2. The van der Waals surface area contributed by atoms with Crippen LogP contribution in [-0.4, -0.2) is 18.3 Å². The number of ether oxygens (including phenoxy) is 2. The van der Waals surface area contributed by atoms with Crippen molar-refractivity contribution in [3.05, 3.63) is 22.2 Å². The number of hydrogen-bond acceptors (Lipinski definition) is 3. The van der Waals surface area contributed by atoms with Crippen molar-refractivity contribution in [1.29, 1.82) is 0 Å². The van der Waals surface area contributed by atoms with Crippen molar-refractivity contribution in [2.24, 2.45) is 0 Å². The van der Waals surface area contributed by atoms with Crippen LogP contribution in [0.1, 0.15) is 64.5 Å². The van der Waals surface area contributed by atoms with Gasteiger partial charge in [-0.25, -0.2) is 0 Å². The summed E-state index contributed by atoms with van der Waals surface area (Å²) in [5, 5.41) is 10.4. The highest BCUT2D eigenvalue weighted by atomic mass is 79.9. The zero-order valence-electron chi connectivity index (χ0n) is 13.3. The van der Waals surface area contributed by atoms with Gasteiger partial charge in [0, 0.05) is 4.47 Å². The first-order valence-electron chi connectivity index (χ1n) is 7.91. The summed E-state index contributed by atoms with van der Waals surface area (Å²) in [6.07, 6.45) is 4.95.